The summed E-state index contributed by atoms with van der Waals surface area (Å²) in [5, 5.41) is 12.2. The van der Waals surface area contributed by atoms with Crippen molar-refractivity contribution in [2.24, 2.45) is 5.92 Å². The highest BCUT2D eigenvalue weighted by molar-refractivity contribution is 5.85. The first-order valence-corrected chi connectivity index (χ1v) is 6.65. The number of hydrogen-bond acceptors (Lipinski definition) is 3. The van der Waals surface area contributed by atoms with Gasteiger partial charge in [-0.05, 0) is 37.4 Å². The Kier molecular flexibility index (Phi) is 4.70. The van der Waals surface area contributed by atoms with Gasteiger partial charge in [-0.3, -0.25) is 0 Å². The van der Waals surface area contributed by atoms with Gasteiger partial charge in [0.15, 0.2) is 0 Å². The highest BCUT2D eigenvalue weighted by atomic mass is 16.4. The van der Waals surface area contributed by atoms with E-state index in [1.807, 2.05) is 6.07 Å². The monoisotopic (exact) mass is 248 g/mol. The number of aromatic carboxylic acids is 1. The van der Waals surface area contributed by atoms with Gasteiger partial charge in [0.25, 0.3) is 0 Å². The maximum absolute atomic E-state index is 10.8. The Balaban J connectivity index is 1.78. The molecule has 4 nitrogen and oxygen atoms in total. The quantitative estimate of drug-likeness (QED) is 0.840. The molecule has 2 N–H and O–H groups in total. The van der Waals surface area contributed by atoms with Crippen LogP contribution in [-0.4, -0.2) is 22.6 Å². The van der Waals surface area contributed by atoms with Crippen molar-refractivity contribution >= 4 is 5.97 Å². The van der Waals surface area contributed by atoms with Crippen LogP contribution in [0.25, 0.3) is 0 Å². The van der Waals surface area contributed by atoms with Gasteiger partial charge < -0.3 is 10.4 Å². The van der Waals surface area contributed by atoms with Crippen molar-refractivity contribution in [2.75, 3.05) is 6.54 Å². The number of carboxylic acid groups (broad SMARTS) is 1. The number of rotatable bonds is 5. The molecule has 0 saturated heterocycles. The highest BCUT2D eigenvalue weighted by Gasteiger charge is 2.12. The van der Waals surface area contributed by atoms with Gasteiger partial charge in [-0.2, -0.15) is 0 Å². The van der Waals surface area contributed by atoms with E-state index in [0.29, 0.717) is 6.54 Å². The zero-order valence-corrected chi connectivity index (χ0v) is 10.6. The van der Waals surface area contributed by atoms with E-state index >= 15 is 0 Å². The van der Waals surface area contributed by atoms with E-state index in [-0.39, 0.29) is 5.69 Å². The molecule has 1 aromatic rings. The Labute approximate surface area is 107 Å². The third kappa shape index (κ3) is 3.81. The third-order valence-corrected chi connectivity index (χ3v) is 3.49. The molecule has 0 atom stereocenters. The molecule has 0 spiro atoms. The van der Waals surface area contributed by atoms with Gasteiger partial charge in [-0.1, -0.05) is 25.3 Å². The molecule has 0 aliphatic heterocycles. The SMILES string of the molecule is O=C(O)c1cccc(CNCC2CCCCC2)n1. The molecule has 0 radical (unpaired) electrons. The maximum atomic E-state index is 10.8. The zero-order valence-electron chi connectivity index (χ0n) is 10.6. The Bertz CT molecular complexity index is 401. The minimum atomic E-state index is -0.968. The molecule has 4 heteroatoms. The van der Waals surface area contributed by atoms with Gasteiger partial charge in [0.1, 0.15) is 5.69 Å². The van der Waals surface area contributed by atoms with Crippen molar-refractivity contribution < 1.29 is 9.90 Å². The summed E-state index contributed by atoms with van der Waals surface area (Å²) in [7, 11) is 0. The number of hydrogen-bond donors (Lipinski definition) is 2. The molecule has 2 rings (SSSR count). The third-order valence-electron chi connectivity index (χ3n) is 3.49. The summed E-state index contributed by atoms with van der Waals surface area (Å²) in [5.74, 6) is -0.189. The summed E-state index contributed by atoms with van der Waals surface area (Å²) in [4.78, 5) is 14.9. The van der Waals surface area contributed by atoms with Crippen LogP contribution in [-0.2, 0) is 6.54 Å². The van der Waals surface area contributed by atoms with Gasteiger partial charge >= 0.3 is 5.97 Å². The normalized spacial score (nSPS) is 16.7. The van der Waals surface area contributed by atoms with Gasteiger partial charge in [0.05, 0.1) is 5.69 Å². The van der Waals surface area contributed by atoms with Crippen LogP contribution in [0.2, 0.25) is 0 Å². The topological polar surface area (TPSA) is 62.2 Å². The standard InChI is InChI=1S/C14H20N2O2/c17-14(18)13-8-4-7-12(16-13)10-15-9-11-5-2-1-3-6-11/h4,7-8,11,15H,1-3,5-6,9-10H2,(H,17,18). The van der Waals surface area contributed by atoms with E-state index in [9.17, 15) is 4.79 Å². The van der Waals surface area contributed by atoms with Crippen LogP contribution in [0.1, 0.15) is 48.3 Å². The number of nitrogens with one attached hydrogen (secondary N) is 1. The molecule has 0 amide bonds. The largest absolute Gasteiger partial charge is 0.477 e. The lowest BCUT2D eigenvalue weighted by Gasteiger charge is -2.21. The van der Waals surface area contributed by atoms with Crippen LogP contribution >= 0.6 is 0 Å². The summed E-state index contributed by atoms with van der Waals surface area (Å²) < 4.78 is 0. The molecule has 0 bridgehead atoms. The summed E-state index contributed by atoms with van der Waals surface area (Å²) >= 11 is 0. The van der Waals surface area contributed by atoms with Crippen LogP contribution in [0, 0.1) is 5.92 Å². The van der Waals surface area contributed by atoms with Crippen molar-refractivity contribution in [1.82, 2.24) is 10.3 Å². The Morgan fingerprint density at radius 3 is 2.83 bits per heavy atom. The highest BCUT2D eigenvalue weighted by Crippen LogP contribution is 2.22. The molecular formula is C14H20N2O2. The summed E-state index contributed by atoms with van der Waals surface area (Å²) in [6.07, 6.45) is 6.70. The molecule has 0 unspecified atom stereocenters. The predicted molar refractivity (Wildman–Crippen MR) is 69.5 cm³/mol. The molecule has 1 aliphatic rings. The lowest BCUT2D eigenvalue weighted by Crippen LogP contribution is -2.24. The van der Waals surface area contributed by atoms with Crippen LogP contribution < -0.4 is 5.32 Å². The van der Waals surface area contributed by atoms with E-state index < -0.39 is 5.97 Å². The number of carbonyl (C=O) groups is 1. The fraction of sp³-hybridized carbons (Fsp3) is 0.571. The van der Waals surface area contributed by atoms with Crippen molar-refractivity contribution in [3.63, 3.8) is 0 Å². The van der Waals surface area contributed by atoms with E-state index in [4.69, 9.17) is 5.11 Å². The zero-order chi connectivity index (χ0) is 12.8. The summed E-state index contributed by atoms with van der Waals surface area (Å²) in [6, 6.07) is 5.13. The fourth-order valence-corrected chi connectivity index (χ4v) is 2.49. The molecular weight excluding hydrogens is 228 g/mol. The van der Waals surface area contributed by atoms with Gasteiger partial charge in [0.2, 0.25) is 0 Å². The smallest absolute Gasteiger partial charge is 0.354 e. The fourth-order valence-electron chi connectivity index (χ4n) is 2.49. The lowest BCUT2D eigenvalue weighted by atomic mass is 9.89. The summed E-state index contributed by atoms with van der Waals surface area (Å²) in [5.41, 5.74) is 0.915. The number of aromatic nitrogens is 1. The lowest BCUT2D eigenvalue weighted by molar-refractivity contribution is 0.0690. The van der Waals surface area contributed by atoms with E-state index in [1.165, 1.54) is 38.2 Å². The maximum Gasteiger partial charge on any atom is 0.354 e. The second-order valence-electron chi connectivity index (χ2n) is 4.95. The summed E-state index contributed by atoms with van der Waals surface area (Å²) in [6.45, 7) is 1.66. The first kappa shape index (κ1) is 13.0. The molecule has 1 aromatic heterocycles. The minimum Gasteiger partial charge on any atom is -0.477 e. The van der Waals surface area contributed by atoms with E-state index in [2.05, 4.69) is 10.3 Å². The molecule has 1 fully saturated rings. The minimum absolute atomic E-state index is 0.118. The van der Waals surface area contributed by atoms with Gasteiger partial charge in [0, 0.05) is 6.54 Å². The van der Waals surface area contributed by atoms with Crippen LogP contribution in [0.15, 0.2) is 18.2 Å². The average molecular weight is 248 g/mol. The second-order valence-corrected chi connectivity index (χ2v) is 4.95. The number of pyridine rings is 1. The molecule has 0 aromatic carbocycles. The Morgan fingerprint density at radius 1 is 1.33 bits per heavy atom. The number of carboxylic acids is 1. The molecule has 18 heavy (non-hydrogen) atoms. The van der Waals surface area contributed by atoms with Crippen molar-refractivity contribution in [3.8, 4) is 0 Å². The Hall–Kier alpha value is -1.42. The average Bonchev–Trinajstić information content (AvgIpc) is 2.40. The van der Waals surface area contributed by atoms with Crippen LogP contribution in [0.5, 0.6) is 0 Å². The predicted octanol–water partition coefficient (Wildman–Crippen LogP) is 2.45. The first-order chi connectivity index (χ1) is 8.75. The van der Waals surface area contributed by atoms with Gasteiger partial charge in [-0.15, -0.1) is 0 Å². The second kappa shape index (κ2) is 6.50. The Morgan fingerprint density at radius 2 is 2.11 bits per heavy atom. The molecule has 1 heterocycles. The van der Waals surface area contributed by atoms with E-state index in [0.717, 1.165) is 18.2 Å². The number of nitrogens with zero attached hydrogens (tertiary/aromatic N) is 1. The van der Waals surface area contributed by atoms with Crippen LogP contribution in [0.4, 0.5) is 0 Å². The molecule has 1 saturated carbocycles. The van der Waals surface area contributed by atoms with E-state index in [1.54, 1.807) is 6.07 Å². The van der Waals surface area contributed by atoms with Crippen molar-refractivity contribution in [1.29, 1.82) is 0 Å². The first-order valence-electron chi connectivity index (χ1n) is 6.65. The molecule has 1 aliphatic carbocycles. The van der Waals surface area contributed by atoms with Crippen LogP contribution in [0.3, 0.4) is 0 Å². The van der Waals surface area contributed by atoms with Crippen molar-refractivity contribution in [3.05, 3.63) is 29.6 Å². The van der Waals surface area contributed by atoms with Crippen molar-refractivity contribution in [2.45, 2.75) is 38.6 Å². The van der Waals surface area contributed by atoms with Gasteiger partial charge in [-0.25, -0.2) is 9.78 Å². The molecule has 98 valence electrons.